The minimum atomic E-state index is -3.91. The summed E-state index contributed by atoms with van der Waals surface area (Å²) < 4.78 is 29.7. The van der Waals surface area contributed by atoms with Crippen molar-refractivity contribution in [1.82, 2.24) is 0 Å². The summed E-state index contributed by atoms with van der Waals surface area (Å²) in [4.78, 5) is 0. The van der Waals surface area contributed by atoms with Gasteiger partial charge in [-0.25, -0.2) is 5.14 Å². The van der Waals surface area contributed by atoms with Gasteiger partial charge in [-0.15, -0.1) is 0 Å². The lowest BCUT2D eigenvalue weighted by Gasteiger charge is -2.11. The highest BCUT2D eigenvalue weighted by molar-refractivity contribution is 7.90. The maximum atomic E-state index is 11.0. The molecule has 19 heavy (non-hydrogen) atoms. The van der Waals surface area contributed by atoms with Crippen molar-refractivity contribution < 1.29 is 13.2 Å². The van der Waals surface area contributed by atoms with Crippen LogP contribution in [0.5, 0.6) is 5.75 Å². The number of rotatable bonds is 5. The fourth-order valence-corrected chi connectivity index (χ4v) is 2.31. The molecule has 1 aliphatic rings. The van der Waals surface area contributed by atoms with Crippen LogP contribution in [0.25, 0.3) is 0 Å². The molecule has 2 atom stereocenters. The van der Waals surface area contributed by atoms with Crippen molar-refractivity contribution in [1.29, 1.82) is 5.26 Å². The first-order valence-corrected chi connectivity index (χ1v) is 7.42. The third-order valence-electron chi connectivity index (χ3n) is 3.12. The van der Waals surface area contributed by atoms with Crippen molar-refractivity contribution in [3.05, 3.63) is 23.8 Å². The molecule has 1 saturated carbocycles. The number of hydrogen-bond acceptors (Lipinski definition) is 4. The van der Waals surface area contributed by atoms with Gasteiger partial charge < -0.3 is 4.74 Å². The van der Waals surface area contributed by atoms with Gasteiger partial charge in [0.25, 0.3) is 10.2 Å². The van der Waals surface area contributed by atoms with E-state index in [1.807, 2.05) is 6.07 Å². The Morgan fingerprint density at radius 3 is 2.79 bits per heavy atom. The standard InChI is InChI=1S/C12H15N3O3S/c1-8-5-9(8)7-18-12-4-2-3-11(10(12)6-13)15-19(14,16)17/h2-4,8-9,15H,5,7H2,1H3,(H2,14,16,17). The number of nitrogens with two attached hydrogens (primary N) is 1. The second-order valence-corrected chi connectivity index (χ2v) is 6.02. The fourth-order valence-electron chi connectivity index (χ4n) is 1.83. The maximum absolute atomic E-state index is 11.0. The molecule has 6 nitrogen and oxygen atoms in total. The average molecular weight is 281 g/mol. The molecule has 0 radical (unpaired) electrons. The zero-order valence-electron chi connectivity index (χ0n) is 10.5. The summed E-state index contributed by atoms with van der Waals surface area (Å²) in [6, 6.07) is 6.65. The van der Waals surface area contributed by atoms with E-state index >= 15 is 0 Å². The van der Waals surface area contributed by atoms with Crippen molar-refractivity contribution in [2.45, 2.75) is 13.3 Å². The summed E-state index contributed by atoms with van der Waals surface area (Å²) in [6.45, 7) is 2.67. The first-order valence-electron chi connectivity index (χ1n) is 5.87. The van der Waals surface area contributed by atoms with Crippen LogP contribution in [0, 0.1) is 23.2 Å². The van der Waals surface area contributed by atoms with Crippen LogP contribution < -0.4 is 14.6 Å². The molecule has 102 valence electrons. The number of ether oxygens (including phenoxy) is 1. The van der Waals surface area contributed by atoms with Gasteiger partial charge in [0.1, 0.15) is 17.4 Å². The quantitative estimate of drug-likeness (QED) is 0.846. The van der Waals surface area contributed by atoms with E-state index in [0.29, 0.717) is 24.2 Å². The zero-order chi connectivity index (χ0) is 14.0. The van der Waals surface area contributed by atoms with Crippen molar-refractivity contribution in [2.75, 3.05) is 11.3 Å². The highest BCUT2D eigenvalue weighted by atomic mass is 32.2. The Labute approximate surface area is 112 Å². The smallest absolute Gasteiger partial charge is 0.296 e. The molecule has 2 rings (SSSR count). The number of nitrogens with one attached hydrogen (secondary N) is 1. The van der Waals surface area contributed by atoms with Crippen LogP contribution >= 0.6 is 0 Å². The molecule has 1 aromatic carbocycles. The molecular formula is C12H15N3O3S. The number of benzene rings is 1. The lowest BCUT2D eigenvalue weighted by atomic mass is 10.2. The van der Waals surface area contributed by atoms with E-state index in [1.165, 1.54) is 6.07 Å². The minimum absolute atomic E-state index is 0.131. The Balaban J connectivity index is 2.19. The van der Waals surface area contributed by atoms with Gasteiger partial charge in [-0.3, -0.25) is 4.72 Å². The summed E-state index contributed by atoms with van der Waals surface area (Å²) in [5, 5.41) is 14.0. The van der Waals surface area contributed by atoms with E-state index in [0.717, 1.165) is 6.42 Å². The zero-order valence-corrected chi connectivity index (χ0v) is 11.3. The van der Waals surface area contributed by atoms with Gasteiger partial charge in [0.2, 0.25) is 0 Å². The van der Waals surface area contributed by atoms with Crippen LogP contribution in [-0.4, -0.2) is 15.0 Å². The van der Waals surface area contributed by atoms with Crippen molar-refractivity contribution in [3.8, 4) is 11.8 Å². The molecule has 1 aliphatic carbocycles. The lowest BCUT2D eigenvalue weighted by Crippen LogP contribution is -2.22. The molecule has 0 amide bonds. The average Bonchev–Trinajstić information content (AvgIpc) is 3.01. The van der Waals surface area contributed by atoms with E-state index in [9.17, 15) is 8.42 Å². The van der Waals surface area contributed by atoms with E-state index in [1.54, 1.807) is 12.1 Å². The number of hydrogen-bond donors (Lipinski definition) is 2. The lowest BCUT2D eigenvalue weighted by molar-refractivity contribution is 0.293. The van der Waals surface area contributed by atoms with E-state index in [-0.39, 0.29) is 11.3 Å². The molecular weight excluding hydrogens is 266 g/mol. The summed E-state index contributed by atoms with van der Waals surface area (Å²) in [5.74, 6) is 1.54. The van der Waals surface area contributed by atoms with Gasteiger partial charge in [-0.2, -0.15) is 13.7 Å². The third kappa shape index (κ3) is 3.59. The predicted octanol–water partition coefficient (Wildman–Crippen LogP) is 1.21. The summed E-state index contributed by atoms with van der Waals surface area (Å²) in [7, 11) is -3.91. The minimum Gasteiger partial charge on any atom is -0.492 e. The molecule has 0 bridgehead atoms. The van der Waals surface area contributed by atoms with Crippen LogP contribution in [-0.2, 0) is 10.2 Å². The molecule has 7 heteroatoms. The van der Waals surface area contributed by atoms with Crippen molar-refractivity contribution >= 4 is 15.9 Å². The molecule has 0 heterocycles. The molecule has 0 aliphatic heterocycles. The first-order chi connectivity index (χ1) is 8.90. The van der Waals surface area contributed by atoms with Gasteiger partial charge >= 0.3 is 0 Å². The van der Waals surface area contributed by atoms with E-state index in [4.69, 9.17) is 15.1 Å². The summed E-state index contributed by atoms with van der Waals surface area (Å²) >= 11 is 0. The van der Waals surface area contributed by atoms with Gasteiger partial charge in [-0.1, -0.05) is 13.0 Å². The number of nitrogens with zero attached hydrogens (tertiary/aromatic N) is 1. The van der Waals surface area contributed by atoms with Crippen LogP contribution in [0.4, 0.5) is 5.69 Å². The van der Waals surface area contributed by atoms with Gasteiger partial charge in [0.15, 0.2) is 0 Å². The fraction of sp³-hybridized carbons (Fsp3) is 0.417. The van der Waals surface area contributed by atoms with Crippen molar-refractivity contribution in [3.63, 3.8) is 0 Å². The van der Waals surface area contributed by atoms with Crippen LogP contribution in [0.1, 0.15) is 18.9 Å². The monoisotopic (exact) mass is 281 g/mol. The molecule has 1 fully saturated rings. The molecule has 0 aromatic heterocycles. The van der Waals surface area contributed by atoms with Crippen molar-refractivity contribution in [2.24, 2.45) is 17.0 Å². The molecule has 1 aromatic rings. The number of nitriles is 1. The Morgan fingerprint density at radius 2 is 2.26 bits per heavy atom. The van der Waals surface area contributed by atoms with Crippen LogP contribution in [0.3, 0.4) is 0 Å². The maximum Gasteiger partial charge on any atom is 0.296 e. The largest absolute Gasteiger partial charge is 0.492 e. The summed E-state index contributed by atoms with van der Waals surface area (Å²) in [6.07, 6.45) is 1.12. The summed E-state index contributed by atoms with van der Waals surface area (Å²) in [5.41, 5.74) is 0.274. The molecule has 2 unspecified atom stereocenters. The Morgan fingerprint density at radius 1 is 1.58 bits per heavy atom. The van der Waals surface area contributed by atoms with E-state index in [2.05, 4.69) is 11.6 Å². The SMILES string of the molecule is CC1CC1COc1cccc(NS(N)(=O)=O)c1C#N. The molecule has 3 N–H and O–H groups in total. The second kappa shape index (κ2) is 5.07. The van der Waals surface area contributed by atoms with Crippen LogP contribution in [0.2, 0.25) is 0 Å². The van der Waals surface area contributed by atoms with Gasteiger partial charge in [0.05, 0.1) is 12.3 Å². The third-order valence-corrected chi connectivity index (χ3v) is 3.62. The molecule has 0 saturated heterocycles. The Bertz CT molecular complexity index is 622. The highest BCUT2D eigenvalue weighted by Gasteiger charge is 2.33. The Hall–Kier alpha value is -1.78. The Kier molecular flexibility index (Phi) is 3.64. The molecule has 0 spiro atoms. The second-order valence-electron chi connectivity index (χ2n) is 4.72. The first kappa shape index (κ1) is 13.6. The predicted molar refractivity (Wildman–Crippen MR) is 70.7 cm³/mol. The van der Waals surface area contributed by atoms with E-state index < -0.39 is 10.2 Å². The van der Waals surface area contributed by atoms with Gasteiger partial charge in [-0.05, 0) is 30.4 Å². The van der Waals surface area contributed by atoms with Gasteiger partial charge in [0, 0.05) is 0 Å². The normalized spacial score (nSPS) is 21.5. The number of anilines is 1. The topological polar surface area (TPSA) is 105 Å². The van der Waals surface area contributed by atoms with Crippen LogP contribution in [0.15, 0.2) is 18.2 Å². The highest BCUT2D eigenvalue weighted by Crippen LogP contribution is 2.38.